The second-order valence-corrected chi connectivity index (χ2v) is 8.03. The summed E-state index contributed by atoms with van der Waals surface area (Å²) in [5.74, 6) is -0.101. The van der Waals surface area contributed by atoms with Gasteiger partial charge in [-0.05, 0) is 17.7 Å². The Morgan fingerprint density at radius 3 is 2.64 bits per heavy atom. The maximum atomic E-state index is 12.2. The van der Waals surface area contributed by atoms with Crippen molar-refractivity contribution in [2.24, 2.45) is 5.92 Å². The largest absolute Gasteiger partial charge is 0.448 e. The number of hydrogen-bond acceptors (Lipinski definition) is 9. The molecule has 3 aromatic rings. The van der Waals surface area contributed by atoms with Crippen molar-refractivity contribution in [2.75, 3.05) is 25.5 Å². The summed E-state index contributed by atoms with van der Waals surface area (Å²) in [6, 6.07) is 9.23. The standard InChI is InChI=1S/C19H18N4O3.C4H6N2S/c20-15(6-7-16(21)14-4-2-1-3-5-14)8-18-22-17(12-26-18)19(25)23-9-13(10-23)11-24;1-5-4-6-2-3-7-4/h1-7,11-13,20-21H,8-10H2;2-3H,1H3,(H,5,6)/b7-6-,20-15?,21-16?;. The van der Waals surface area contributed by atoms with Gasteiger partial charge in [0.2, 0.25) is 5.89 Å². The van der Waals surface area contributed by atoms with Crippen molar-refractivity contribution >= 4 is 40.1 Å². The number of oxazole rings is 1. The van der Waals surface area contributed by atoms with Gasteiger partial charge >= 0.3 is 0 Å². The van der Waals surface area contributed by atoms with Gasteiger partial charge in [-0.15, -0.1) is 11.3 Å². The van der Waals surface area contributed by atoms with E-state index in [9.17, 15) is 9.59 Å². The van der Waals surface area contributed by atoms with Crippen molar-refractivity contribution in [3.63, 3.8) is 0 Å². The van der Waals surface area contributed by atoms with E-state index in [1.165, 1.54) is 17.2 Å². The average molecular weight is 465 g/mol. The predicted molar refractivity (Wildman–Crippen MR) is 127 cm³/mol. The van der Waals surface area contributed by atoms with Crippen molar-refractivity contribution < 1.29 is 14.0 Å². The van der Waals surface area contributed by atoms with Crippen molar-refractivity contribution in [1.29, 1.82) is 10.8 Å². The summed E-state index contributed by atoms with van der Waals surface area (Å²) >= 11 is 1.60. The van der Waals surface area contributed by atoms with Gasteiger partial charge in [0, 0.05) is 43.3 Å². The van der Waals surface area contributed by atoms with Crippen LogP contribution < -0.4 is 5.32 Å². The van der Waals surface area contributed by atoms with E-state index in [0.717, 1.165) is 17.0 Å². The van der Waals surface area contributed by atoms with Gasteiger partial charge in [-0.25, -0.2) is 9.97 Å². The monoisotopic (exact) mass is 464 g/mol. The Morgan fingerprint density at radius 2 is 2.03 bits per heavy atom. The maximum absolute atomic E-state index is 12.2. The number of nitrogens with one attached hydrogen (secondary N) is 3. The molecule has 2 aromatic heterocycles. The zero-order chi connectivity index (χ0) is 23.6. The lowest BCUT2D eigenvalue weighted by Gasteiger charge is -2.35. The number of anilines is 1. The van der Waals surface area contributed by atoms with Gasteiger partial charge in [-0.2, -0.15) is 0 Å². The van der Waals surface area contributed by atoms with Crippen LogP contribution in [0.2, 0.25) is 0 Å². The zero-order valence-corrected chi connectivity index (χ0v) is 18.8. The second kappa shape index (κ2) is 11.6. The Morgan fingerprint density at radius 1 is 1.27 bits per heavy atom. The molecule has 1 amide bonds. The van der Waals surface area contributed by atoms with E-state index >= 15 is 0 Å². The lowest BCUT2D eigenvalue weighted by Crippen LogP contribution is -2.50. The molecule has 3 heterocycles. The highest BCUT2D eigenvalue weighted by Gasteiger charge is 2.32. The van der Waals surface area contributed by atoms with Crippen LogP contribution in [0.1, 0.15) is 21.9 Å². The summed E-state index contributed by atoms with van der Waals surface area (Å²) in [5, 5.41) is 21.8. The molecule has 0 radical (unpaired) electrons. The number of nitrogens with zero attached hydrogens (tertiary/aromatic N) is 3. The predicted octanol–water partition coefficient (Wildman–Crippen LogP) is 3.32. The summed E-state index contributed by atoms with van der Waals surface area (Å²) in [7, 11) is 1.86. The number of hydrogen-bond donors (Lipinski definition) is 3. The normalized spacial score (nSPS) is 13.1. The molecule has 1 aromatic carbocycles. The first-order chi connectivity index (χ1) is 16.0. The Hall–Kier alpha value is -3.92. The quantitative estimate of drug-likeness (QED) is 0.346. The Kier molecular flexibility index (Phi) is 8.36. The van der Waals surface area contributed by atoms with Crippen LogP contribution in [0.3, 0.4) is 0 Å². The Bertz CT molecular complexity index is 1120. The minimum absolute atomic E-state index is 0.0939. The SMILES string of the molecule is CNc1nccs1.N=C(/C=C\C(=N)c1ccccc1)Cc1nc(C(=O)N2CC(C=O)C2)co1. The number of amides is 1. The molecule has 0 bridgehead atoms. The molecule has 0 atom stereocenters. The molecular weight excluding hydrogens is 440 g/mol. The highest BCUT2D eigenvalue weighted by Crippen LogP contribution is 2.17. The first-order valence-corrected chi connectivity index (χ1v) is 11.0. The van der Waals surface area contributed by atoms with Crippen LogP contribution in [0.4, 0.5) is 5.13 Å². The topological polar surface area (TPSA) is 136 Å². The number of aromatic nitrogens is 2. The summed E-state index contributed by atoms with van der Waals surface area (Å²) in [4.78, 5) is 32.3. The van der Waals surface area contributed by atoms with E-state index < -0.39 is 0 Å². The van der Waals surface area contributed by atoms with Crippen LogP contribution in [-0.2, 0) is 11.2 Å². The molecule has 0 spiro atoms. The molecule has 1 aliphatic heterocycles. The van der Waals surface area contributed by atoms with E-state index in [4.69, 9.17) is 15.2 Å². The van der Waals surface area contributed by atoms with Gasteiger partial charge in [0.05, 0.1) is 12.1 Å². The third kappa shape index (κ3) is 6.78. The molecular formula is C23H24N6O3S. The number of allylic oxidation sites excluding steroid dienone is 2. The molecule has 10 heteroatoms. The van der Waals surface area contributed by atoms with Crippen LogP contribution in [0.25, 0.3) is 0 Å². The van der Waals surface area contributed by atoms with Gasteiger partial charge in [-0.3, -0.25) is 4.79 Å². The van der Waals surface area contributed by atoms with E-state index in [0.29, 0.717) is 18.8 Å². The molecule has 9 nitrogen and oxygen atoms in total. The maximum Gasteiger partial charge on any atom is 0.275 e. The summed E-state index contributed by atoms with van der Waals surface area (Å²) in [6.45, 7) is 0.815. The smallest absolute Gasteiger partial charge is 0.275 e. The molecule has 4 rings (SSSR count). The number of likely N-dealkylation sites (tertiary alicyclic amines) is 1. The third-order valence-corrected chi connectivity index (χ3v) is 5.47. The molecule has 0 unspecified atom stereocenters. The number of rotatable bonds is 8. The van der Waals surface area contributed by atoms with Gasteiger partial charge in [0.1, 0.15) is 12.5 Å². The van der Waals surface area contributed by atoms with E-state index in [-0.39, 0.29) is 35.5 Å². The van der Waals surface area contributed by atoms with Gasteiger partial charge in [-0.1, -0.05) is 30.3 Å². The lowest BCUT2D eigenvalue weighted by molar-refractivity contribution is -0.114. The van der Waals surface area contributed by atoms with Crippen LogP contribution in [0, 0.1) is 16.7 Å². The van der Waals surface area contributed by atoms with Gasteiger partial charge in [0.15, 0.2) is 10.8 Å². The van der Waals surface area contributed by atoms with Gasteiger partial charge < -0.3 is 30.2 Å². The molecule has 3 N–H and O–H groups in total. The molecule has 33 heavy (non-hydrogen) atoms. The number of carbonyl (C=O) groups is 2. The number of benzene rings is 1. The second-order valence-electron chi connectivity index (χ2n) is 7.14. The molecule has 1 aliphatic rings. The van der Waals surface area contributed by atoms with Crippen LogP contribution in [0.15, 0.2) is 64.7 Å². The fraction of sp³-hybridized carbons (Fsp3) is 0.217. The Balaban J connectivity index is 0.000000374. The van der Waals surface area contributed by atoms with Crippen molar-refractivity contribution in [3.05, 3.63) is 77.5 Å². The Labute approximate surface area is 195 Å². The summed E-state index contributed by atoms with van der Waals surface area (Å²) in [5.41, 5.74) is 1.47. The minimum Gasteiger partial charge on any atom is -0.448 e. The van der Waals surface area contributed by atoms with Crippen molar-refractivity contribution in [1.82, 2.24) is 14.9 Å². The lowest BCUT2D eigenvalue weighted by atomic mass is 10.0. The highest BCUT2D eigenvalue weighted by atomic mass is 32.1. The average Bonchev–Trinajstić information content (AvgIpc) is 3.50. The molecule has 0 saturated carbocycles. The fourth-order valence-corrected chi connectivity index (χ4v) is 3.37. The first kappa shape index (κ1) is 23.7. The van der Waals surface area contributed by atoms with E-state index in [1.54, 1.807) is 23.6 Å². The molecule has 1 fully saturated rings. The molecule has 170 valence electrons. The number of carbonyl (C=O) groups excluding carboxylic acids is 2. The first-order valence-electron chi connectivity index (χ1n) is 10.2. The van der Waals surface area contributed by atoms with Crippen molar-refractivity contribution in [2.45, 2.75) is 6.42 Å². The molecule has 1 saturated heterocycles. The summed E-state index contributed by atoms with van der Waals surface area (Å²) in [6.07, 6.45) is 7.09. The number of aldehydes is 1. The van der Waals surface area contributed by atoms with E-state index in [1.807, 2.05) is 42.8 Å². The number of thiazole rings is 1. The highest BCUT2D eigenvalue weighted by molar-refractivity contribution is 7.13. The van der Waals surface area contributed by atoms with Crippen molar-refractivity contribution in [3.8, 4) is 0 Å². The third-order valence-electron chi connectivity index (χ3n) is 4.68. The fourth-order valence-electron chi connectivity index (χ4n) is 2.88. The van der Waals surface area contributed by atoms with Crippen LogP contribution in [-0.4, -0.2) is 58.6 Å². The zero-order valence-electron chi connectivity index (χ0n) is 18.0. The van der Waals surface area contributed by atoms with Crippen LogP contribution in [0.5, 0.6) is 0 Å². The van der Waals surface area contributed by atoms with Crippen LogP contribution >= 0.6 is 11.3 Å². The van der Waals surface area contributed by atoms with E-state index in [2.05, 4.69) is 15.3 Å². The van der Waals surface area contributed by atoms with Gasteiger partial charge in [0.25, 0.3) is 5.91 Å². The minimum atomic E-state index is -0.272. The molecule has 0 aliphatic carbocycles. The summed E-state index contributed by atoms with van der Waals surface area (Å²) < 4.78 is 5.26.